The van der Waals surface area contributed by atoms with Crippen LogP contribution >= 0.6 is 23.5 Å². The first-order chi connectivity index (χ1) is 38.6. The molecule has 8 atom stereocenters. The minimum atomic E-state index is -5.78. The number of carbonyl (C=O) groups excluding carboxylic acids is 2. The van der Waals surface area contributed by atoms with E-state index >= 15 is 0 Å². The highest BCUT2D eigenvalue weighted by atomic mass is 31.3. The number of phosphoric ester groups is 1. The van der Waals surface area contributed by atoms with E-state index in [4.69, 9.17) is 42.9 Å². The first-order valence-electron chi connectivity index (χ1n) is 27.9. The van der Waals surface area contributed by atoms with E-state index in [1.807, 2.05) is 25.8 Å². The number of aromatic nitrogens is 2. The van der Waals surface area contributed by atoms with Gasteiger partial charge in [0, 0.05) is 31.1 Å². The smallest absolute Gasteiger partial charge is 0.487 e. The maximum Gasteiger partial charge on any atom is 0.490 e. The molecule has 3 heterocycles. The summed E-state index contributed by atoms with van der Waals surface area (Å²) in [6.45, 7) is 18.8. The molecule has 1 fully saturated rings. The number of nitrogens with one attached hydrogen (secondary N) is 3. The summed E-state index contributed by atoms with van der Waals surface area (Å²) < 4.78 is 87.3. The molecular weight excluding hydrogens is 1140 g/mol. The Bertz CT molecular complexity index is 2710. The van der Waals surface area contributed by atoms with Gasteiger partial charge in [0.15, 0.2) is 0 Å². The SMILES string of the molecule is Cc1c(C)c2c(c(C)c1OC(=O)NCCOCCOCCOCCOCCC(=O)NCC#Cc1cn(C3CC(O)C(COP(=O)(O)OP(=O)(O)OP(=O)(O)O)O3)c(=O)[nH]c1=O)CC[C@](C)(CCCC(C)CCCC(C)CCCC(C)C)O2. The van der Waals surface area contributed by atoms with Crippen molar-refractivity contribution >= 4 is 35.5 Å². The average Bonchev–Trinajstić information content (AvgIpc) is 3.88. The Labute approximate surface area is 479 Å². The van der Waals surface area contributed by atoms with Crippen LogP contribution in [-0.2, 0) is 61.7 Å². The molecule has 82 heavy (non-hydrogen) atoms. The summed E-state index contributed by atoms with van der Waals surface area (Å²) in [5.74, 6) is 8.51. The summed E-state index contributed by atoms with van der Waals surface area (Å²) in [5, 5.41) is 15.7. The number of carbonyl (C=O) groups is 2. The summed E-state index contributed by atoms with van der Waals surface area (Å²) >= 11 is 0. The van der Waals surface area contributed by atoms with Crippen LogP contribution in [-0.4, -0.2) is 137 Å². The summed E-state index contributed by atoms with van der Waals surface area (Å²) in [6.07, 6.45) is 9.09. The quantitative estimate of drug-likeness (QED) is 0.0198. The monoisotopic (exact) mass is 1220 g/mol. The lowest BCUT2D eigenvalue weighted by atomic mass is 9.83. The van der Waals surface area contributed by atoms with Crippen molar-refractivity contribution in [3.63, 3.8) is 0 Å². The number of benzene rings is 1. The lowest BCUT2D eigenvalue weighted by Gasteiger charge is -2.38. The summed E-state index contributed by atoms with van der Waals surface area (Å²) in [6, 6.07) is 0. The van der Waals surface area contributed by atoms with E-state index in [1.54, 1.807) is 0 Å². The van der Waals surface area contributed by atoms with E-state index in [0.29, 0.717) is 38.1 Å². The molecule has 1 aromatic carbocycles. The van der Waals surface area contributed by atoms with Gasteiger partial charge in [0.05, 0.1) is 72.1 Å². The van der Waals surface area contributed by atoms with Crippen molar-refractivity contribution in [1.29, 1.82) is 0 Å². The van der Waals surface area contributed by atoms with Crippen LogP contribution in [0.15, 0.2) is 15.8 Å². The van der Waals surface area contributed by atoms with Crippen LogP contribution in [0.3, 0.4) is 0 Å². The van der Waals surface area contributed by atoms with Crippen LogP contribution in [0, 0.1) is 50.4 Å². The molecule has 1 aromatic heterocycles. The van der Waals surface area contributed by atoms with Crippen LogP contribution in [0.5, 0.6) is 11.5 Å². The number of H-pyrrole nitrogens is 1. The van der Waals surface area contributed by atoms with E-state index in [-0.39, 0.29) is 63.5 Å². The predicted molar refractivity (Wildman–Crippen MR) is 300 cm³/mol. The zero-order valence-electron chi connectivity index (χ0n) is 48.5. The molecule has 0 bridgehead atoms. The number of aliphatic hydroxyl groups is 1. The number of nitrogens with zero attached hydrogens (tertiary/aromatic N) is 1. The highest BCUT2D eigenvalue weighted by molar-refractivity contribution is 7.66. The molecule has 0 radical (unpaired) electrons. The molecule has 2 aliphatic heterocycles. The number of aliphatic hydroxyl groups excluding tert-OH is 1. The normalized spacial score (nSPS) is 20.2. The number of hydrogen-bond acceptors (Lipinski definition) is 18. The zero-order valence-corrected chi connectivity index (χ0v) is 51.2. The molecule has 8 N–H and O–H groups in total. The molecule has 7 unspecified atom stereocenters. The van der Waals surface area contributed by atoms with Crippen molar-refractivity contribution in [3.8, 4) is 23.3 Å². The fraction of sp³-hybridized carbons (Fsp3) is 0.736. The number of phosphoric acid groups is 3. The van der Waals surface area contributed by atoms with Gasteiger partial charge in [-0.3, -0.25) is 23.7 Å². The van der Waals surface area contributed by atoms with Gasteiger partial charge in [-0.2, -0.15) is 8.62 Å². The van der Waals surface area contributed by atoms with Gasteiger partial charge in [-0.1, -0.05) is 84.5 Å². The molecule has 2 aliphatic rings. The molecule has 2 amide bonds. The van der Waals surface area contributed by atoms with E-state index in [0.717, 1.165) is 76.3 Å². The highest BCUT2D eigenvalue weighted by Crippen LogP contribution is 2.66. The molecule has 1 saturated heterocycles. The van der Waals surface area contributed by atoms with Gasteiger partial charge < -0.3 is 68.5 Å². The Morgan fingerprint density at radius 3 is 2.02 bits per heavy atom. The average molecular weight is 1230 g/mol. The van der Waals surface area contributed by atoms with Crippen LogP contribution in [0.25, 0.3) is 0 Å². The van der Waals surface area contributed by atoms with E-state index < -0.39 is 71.8 Å². The van der Waals surface area contributed by atoms with Crippen LogP contribution in [0.2, 0.25) is 0 Å². The second-order valence-electron chi connectivity index (χ2n) is 21.5. The fourth-order valence-electron chi connectivity index (χ4n) is 9.36. The second kappa shape index (κ2) is 34.3. The lowest BCUT2D eigenvalue weighted by Crippen LogP contribution is -2.37. The number of amides is 2. The largest absolute Gasteiger partial charge is 0.490 e. The molecule has 26 nitrogen and oxygen atoms in total. The summed E-state index contributed by atoms with van der Waals surface area (Å²) in [5.41, 5.74) is 1.63. The number of hydrogen-bond donors (Lipinski definition) is 8. The van der Waals surface area contributed by atoms with Gasteiger partial charge in [0.2, 0.25) is 5.91 Å². The molecule has 0 spiro atoms. The number of rotatable bonds is 37. The van der Waals surface area contributed by atoms with Crippen LogP contribution < -0.4 is 31.4 Å². The first kappa shape index (κ1) is 70.7. The second-order valence-corrected chi connectivity index (χ2v) is 26.0. The van der Waals surface area contributed by atoms with Crippen molar-refractivity contribution in [2.75, 3.05) is 72.6 Å². The zero-order chi connectivity index (χ0) is 60.7. The predicted octanol–water partition coefficient (Wildman–Crippen LogP) is 6.69. The van der Waals surface area contributed by atoms with Crippen molar-refractivity contribution in [2.45, 2.75) is 163 Å². The Kier molecular flexibility index (Phi) is 29.6. The molecule has 2 aromatic rings. The van der Waals surface area contributed by atoms with E-state index in [9.17, 15) is 47.8 Å². The number of aromatic amines is 1. The van der Waals surface area contributed by atoms with Crippen LogP contribution in [0.1, 0.15) is 146 Å². The highest BCUT2D eigenvalue weighted by Gasteiger charge is 2.43. The Morgan fingerprint density at radius 1 is 0.805 bits per heavy atom. The minimum absolute atomic E-state index is 0.000729. The minimum Gasteiger partial charge on any atom is -0.487 e. The van der Waals surface area contributed by atoms with E-state index in [2.05, 4.69) is 70.2 Å². The van der Waals surface area contributed by atoms with Crippen molar-refractivity contribution < 1.29 is 94.3 Å². The molecular formula is C53H87N4O22P3. The van der Waals surface area contributed by atoms with Gasteiger partial charge in [0.25, 0.3) is 5.56 Å². The topological polar surface area (TPSA) is 358 Å². The lowest BCUT2D eigenvalue weighted by molar-refractivity contribution is -0.122. The van der Waals surface area contributed by atoms with Gasteiger partial charge in [-0.25, -0.2) is 23.3 Å². The molecule has 0 aliphatic carbocycles. The fourth-order valence-corrected chi connectivity index (χ4v) is 12.4. The van der Waals surface area contributed by atoms with E-state index in [1.165, 1.54) is 44.9 Å². The molecule has 466 valence electrons. The third-order valence-corrected chi connectivity index (χ3v) is 17.8. The van der Waals surface area contributed by atoms with Gasteiger partial charge in [0.1, 0.15) is 35.0 Å². The standard InChI is InChI=1S/C53H87N4O22P3/c1-36(2)13-9-14-37(3)15-10-16-38(4)17-11-21-53(8)22-19-43-41(7)48(39(5)40(6)49(43)77-53)76-52(62)55-24-26-71-28-30-73-32-31-72-29-27-70-25-20-46(59)54-23-12-18-42-34-57(51(61)56-50(42)60)47-33-44(58)45(75-47)35-74-81(66,67)79-82(68,69)78-80(63,64)65/h34,36-38,44-45,47,58H,9-11,13-17,19-33,35H2,1-8H3,(H,54,59)(H,55,62)(H,66,67)(H,68,69)(H,56,60,61)(H2,63,64,65)/t37?,38?,44?,45?,47?,53-/m0/s1. The number of ether oxygens (including phenoxy) is 7. The Balaban J connectivity index is 1.01. The molecule has 0 saturated carbocycles. The maximum absolute atomic E-state index is 12.9. The van der Waals surface area contributed by atoms with Crippen LogP contribution in [0.4, 0.5) is 4.79 Å². The Morgan fingerprint density at radius 2 is 1.40 bits per heavy atom. The first-order valence-corrected chi connectivity index (χ1v) is 32.4. The third-order valence-electron chi connectivity index (χ3n) is 14.0. The molecule has 4 rings (SSSR count). The van der Waals surface area contributed by atoms with Gasteiger partial charge >= 0.3 is 35.3 Å². The summed E-state index contributed by atoms with van der Waals surface area (Å²) in [4.78, 5) is 88.4. The summed E-state index contributed by atoms with van der Waals surface area (Å²) in [7, 11) is -16.9. The molecule has 29 heteroatoms. The maximum atomic E-state index is 12.9. The van der Waals surface area contributed by atoms with Gasteiger partial charge in [-0.15, -0.1) is 0 Å². The van der Waals surface area contributed by atoms with Crippen molar-refractivity contribution in [2.24, 2.45) is 17.8 Å². The van der Waals surface area contributed by atoms with Crippen molar-refractivity contribution in [3.05, 3.63) is 54.9 Å². The number of fused-ring (bicyclic) bond motifs is 1. The van der Waals surface area contributed by atoms with Crippen molar-refractivity contribution in [1.82, 2.24) is 20.2 Å². The Hall–Kier alpha value is -3.83. The third kappa shape index (κ3) is 25.8. The van der Waals surface area contributed by atoms with Gasteiger partial charge in [-0.05, 0) is 87.8 Å².